The predicted octanol–water partition coefficient (Wildman–Crippen LogP) is 3.17. The molecule has 1 atom stereocenters. The highest BCUT2D eigenvalue weighted by Crippen LogP contribution is 2.29. The van der Waals surface area contributed by atoms with Crippen molar-refractivity contribution in [2.45, 2.75) is 13.0 Å². The van der Waals surface area contributed by atoms with E-state index in [2.05, 4.69) is 5.32 Å². The summed E-state index contributed by atoms with van der Waals surface area (Å²) in [5, 5.41) is 12.1. The highest BCUT2D eigenvalue weighted by Gasteiger charge is 2.14. The van der Waals surface area contributed by atoms with Crippen molar-refractivity contribution in [3.63, 3.8) is 0 Å². The van der Waals surface area contributed by atoms with Gasteiger partial charge in [-0.3, -0.25) is 0 Å². The molecule has 0 aliphatic heterocycles. The summed E-state index contributed by atoms with van der Waals surface area (Å²) in [5.41, 5.74) is 0.784. The zero-order valence-corrected chi connectivity index (χ0v) is 12.0. The molecular formula is C15H17NO5. The van der Waals surface area contributed by atoms with Crippen LogP contribution in [0.15, 0.2) is 34.7 Å². The second-order valence-corrected chi connectivity index (χ2v) is 4.47. The van der Waals surface area contributed by atoms with E-state index in [1.807, 2.05) is 19.1 Å². The van der Waals surface area contributed by atoms with Crippen molar-refractivity contribution < 1.29 is 23.8 Å². The molecule has 0 amide bonds. The number of ether oxygens (including phenoxy) is 2. The van der Waals surface area contributed by atoms with Gasteiger partial charge in [-0.15, -0.1) is 0 Å². The number of anilines is 1. The van der Waals surface area contributed by atoms with Crippen molar-refractivity contribution in [2.24, 2.45) is 0 Å². The summed E-state index contributed by atoms with van der Waals surface area (Å²) in [7, 11) is 3.15. The summed E-state index contributed by atoms with van der Waals surface area (Å²) in [6, 6.07) is 8.28. The molecule has 0 fully saturated rings. The van der Waals surface area contributed by atoms with Gasteiger partial charge in [0.05, 0.1) is 20.3 Å². The lowest BCUT2D eigenvalue weighted by Gasteiger charge is -2.15. The predicted molar refractivity (Wildman–Crippen MR) is 77.3 cm³/mol. The Morgan fingerprint density at radius 2 is 1.81 bits per heavy atom. The molecule has 1 heterocycles. The molecule has 1 unspecified atom stereocenters. The van der Waals surface area contributed by atoms with Crippen LogP contribution in [0.25, 0.3) is 0 Å². The minimum Gasteiger partial charge on any atom is -0.497 e. The normalized spacial score (nSPS) is 11.8. The Morgan fingerprint density at radius 1 is 1.19 bits per heavy atom. The zero-order chi connectivity index (χ0) is 15.4. The third-order valence-corrected chi connectivity index (χ3v) is 3.00. The summed E-state index contributed by atoms with van der Waals surface area (Å²) >= 11 is 0. The molecule has 0 spiro atoms. The Balaban J connectivity index is 2.18. The summed E-state index contributed by atoms with van der Waals surface area (Å²) in [4.78, 5) is 10.8. The number of nitrogens with one attached hydrogen (secondary N) is 1. The fraction of sp³-hybridized carbons (Fsp3) is 0.267. The number of methoxy groups -OCH3 is 2. The van der Waals surface area contributed by atoms with Gasteiger partial charge in [0.2, 0.25) is 5.76 Å². The van der Waals surface area contributed by atoms with E-state index in [0.717, 1.165) is 5.69 Å². The maximum Gasteiger partial charge on any atom is 0.371 e. The standard InChI is InChI=1S/C15H17NO5/c1-9(13-4-5-14(21-13)15(17)18)16-10-6-11(19-2)8-12(7-10)20-3/h4-9,16H,1-3H3,(H,17,18). The Kier molecular flexibility index (Phi) is 4.37. The lowest BCUT2D eigenvalue weighted by atomic mass is 10.2. The van der Waals surface area contributed by atoms with E-state index in [4.69, 9.17) is 19.0 Å². The van der Waals surface area contributed by atoms with Gasteiger partial charge in [-0.05, 0) is 19.1 Å². The third-order valence-electron chi connectivity index (χ3n) is 3.00. The van der Waals surface area contributed by atoms with E-state index < -0.39 is 5.97 Å². The van der Waals surface area contributed by atoms with Crippen LogP contribution in [-0.2, 0) is 0 Å². The van der Waals surface area contributed by atoms with Crippen LogP contribution in [0.1, 0.15) is 29.3 Å². The number of rotatable bonds is 6. The maximum atomic E-state index is 10.8. The van der Waals surface area contributed by atoms with Gasteiger partial charge in [0, 0.05) is 23.9 Å². The summed E-state index contributed by atoms with van der Waals surface area (Å²) < 4.78 is 15.7. The molecule has 21 heavy (non-hydrogen) atoms. The molecule has 0 bridgehead atoms. The number of furan rings is 1. The van der Waals surface area contributed by atoms with Crippen LogP contribution in [0.2, 0.25) is 0 Å². The minimum atomic E-state index is -1.09. The van der Waals surface area contributed by atoms with E-state index in [1.54, 1.807) is 26.4 Å². The summed E-state index contributed by atoms with van der Waals surface area (Å²) in [6.45, 7) is 1.87. The zero-order valence-electron chi connectivity index (χ0n) is 12.0. The van der Waals surface area contributed by atoms with Gasteiger partial charge >= 0.3 is 5.97 Å². The molecule has 2 rings (SSSR count). The molecule has 1 aromatic heterocycles. The van der Waals surface area contributed by atoms with Crippen molar-refractivity contribution in [3.05, 3.63) is 41.9 Å². The van der Waals surface area contributed by atoms with Gasteiger partial charge in [-0.25, -0.2) is 4.79 Å². The van der Waals surface area contributed by atoms with E-state index >= 15 is 0 Å². The Morgan fingerprint density at radius 3 is 2.29 bits per heavy atom. The first-order valence-corrected chi connectivity index (χ1v) is 6.36. The number of carbonyl (C=O) groups is 1. The third kappa shape index (κ3) is 3.47. The average molecular weight is 291 g/mol. The maximum absolute atomic E-state index is 10.8. The van der Waals surface area contributed by atoms with E-state index in [1.165, 1.54) is 6.07 Å². The SMILES string of the molecule is COc1cc(NC(C)c2ccc(C(=O)O)o2)cc(OC)c1. The Bertz CT molecular complexity index is 612. The second-order valence-electron chi connectivity index (χ2n) is 4.47. The van der Waals surface area contributed by atoms with Crippen molar-refractivity contribution in [1.82, 2.24) is 0 Å². The largest absolute Gasteiger partial charge is 0.497 e. The Hall–Kier alpha value is -2.63. The smallest absolute Gasteiger partial charge is 0.371 e. The van der Waals surface area contributed by atoms with Gasteiger partial charge in [0.25, 0.3) is 0 Å². The number of aromatic carboxylic acids is 1. The first-order valence-electron chi connectivity index (χ1n) is 6.36. The number of carboxylic acids is 1. The van der Waals surface area contributed by atoms with Crippen molar-refractivity contribution in [2.75, 3.05) is 19.5 Å². The van der Waals surface area contributed by atoms with Crippen LogP contribution in [0.3, 0.4) is 0 Å². The van der Waals surface area contributed by atoms with Crippen LogP contribution < -0.4 is 14.8 Å². The molecule has 1 aromatic carbocycles. The van der Waals surface area contributed by atoms with Crippen molar-refractivity contribution >= 4 is 11.7 Å². The van der Waals surface area contributed by atoms with Crippen molar-refractivity contribution in [3.8, 4) is 11.5 Å². The monoisotopic (exact) mass is 291 g/mol. The number of hydrogen-bond acceptors (Lipinski definition) is 5. The van der Waals surface area contributed by atoms with E-state index in [9.17, 15) is 4.79 Å². The molecule has 0 radical (unpaired) electrons. The van der Waals surface area contributed by atoms with Crippen LogP contribution in [-0.4, -0.2) is 25.3 Å². The van der Waals surface area contributed by atoms with E-state index in [-0.39, 0.29) is 11.8 Å². The fourth-order valence-corrected chi connectivity index (χ4v) is 1.91. The van der Waals surface area contributed by atoms with Gasteiger partial charge < -0.3 is 24.3 Å². The Labute approximate surface area is 122 Å². The van der Waals surface area contributed by atoms with Gasteiger partial charge in [0.15, 0.2) is 0 Å². The molecule has 6 heteroatoms. The van der Waals surface area contributed by atoms with Crippen LogP contribution in [0.5, 0.6) is 11.5 Å². The summed E-state index contributed by atoms with van der Waals surface area (Å²) in [6.07, 6.45) is 0. The van der Waals surface area contributed by atoms with Gasteiger partial charge in [0.1, 0.15) is 17.3 Å². The fourth-order valence-electron chi connectivity index (χ4n) is 1.91. The highest BCUT2D eigenvalue weighted by atomic mass is 16.5. The molecule has 0 saturated heterocycles. The highest BCUT2D eigenvalue weighted by molar-refractivity contribution is 5.84. The lowest BCUT2D eigenvalue weighted by Crippen LogP contribution is -2.06. The number of hydrogen-bond donors (Lipinski definition) is 2. The molecule has 6 nitrogen and oxygen atoms in total. The topological polar surface area (TPSA) is 80.9 Å². The van der Waals surface area contributed by atoms with Crippen molar-refractivity contribution in [1.29, 1.82) is 0 Å². The molecular weight excluding hydrogens is 274 g/mol. The van der Waals surface area contributed by atoms with Gasteiger partial charge in [-0.2, -0.15) is 0 Å². The van der Waals surface area contributed by atoms with E-state index in [0.29, 0.717) is 17.3 Å². The van der Waals surface area contributed by atoms with Crippen LogP contribution in [0, 0.1) is 0 Å². The first kappa shape index (κ1) is 14.8. The molecule has 0 aliphatic carbocycles. The summed E-state index contributed by atoms with van der Waals surface area (Å²) in [5.74, 6) is 0.692. The minimum absolute atomic E-state index is 0.0816. The lowest BCUT2D eigenvalue weighted by molar-refractivity contribution is 0.0660. The second kappa shape index (κ2) is 6.21. The molecule has 2 N–H and O–H groups in total. The quantitative estimate of drug-likeness (QED) is 0.850. The number of benzene rings is 1. The molecule has 2 aromatic rings. The average Bonchev–Trinajstić information content (AvgIpc) is 2.97. The molecule has 0 aliphatic rings. The first-order chi connectivity index (χ1) is 10.0. The molecule has 112 valence electrons. The van der Waals surface area contributed by atoms with Crippen LogP contribution in [0.4, 0.5) is 5.69 Å². The van der Waals surface area contributed by atoms with Gasteiger partial charge in [-0.1, -0.05) is 0 Å². The number of carboxylic acid groups (broad SMARTS) is 1. The van der Waals surface area contributed by atoms with Crippen LogP contribution >= 0.6 is 0 Å². The molecule has 0 saturated carbocycles.